The highest BCUT2D eigenvalue weighted by molar-refractivity contribution is 5.91. The van der Waals surface area contributed by atoms with Crippen molar-refractivity contribution in [3.05, 3.63) is 77.6 Å². The number of hydrogen-bond donors (Lipinski definition) is 1. The fourth-order valence-electron chi connectivity index (χ4n) is 2.59. The van der Waals surface area contributed by atoms with Gasteiger partial charge in [-0.05, 0) is 36.4 Å². The van der Waals surface area contributed by atoms with Crippen LogP contribution in [0, 0.1) is 11.8 Å². The van der Waals surface area contributed by atoms with E-state index in [-0.39, 0.29) is 0 Å². The Morgan fingerprint density at radius 3 is 2.55 bits per heavy atom. The third-order valence-electron chi connectivity index (χ3n) is 4.05. The number of benzene rings is 1. The lowest BCUT2D eigenvalue weighted by atomic mass is 10.1. The van der Waals surface area contributed by atoms with Crippen molar-refractivity contribution in [2.45, 2.75) is 0 Å². The number of carbonyl (C=O) groups is 1. The summed E-state index contributed by atoms with van der Waals surface area (Å²) in [7, 11) is 2.99. The normalized spacial score (nSPS) is 10.0. The predicted octanol–water partition coefficient (Wildman–Crippen LogP) is 3.39. The standard InChI is InChI=1S/C23H21N3O3/c1-28-13-12-25-22-15-20(23(27)29-2)14-21(26-22)19-9-7-17(8-10-19)5-6-18-4-3-11-24-16-18/h3-4,7-11,14-16H,12-13H2,1-2H3,(H,25,26). The van der Waals surface area contributed by atoms with Gasteiger partial charge in [0.05, 0.1) is 25.0 Å². The van der Waals surface area contributed by atoms with Crippen LogP contribution < -0.4 is 5.32 Å². The molecule has 29 heavy (non-hydrogen) atoms. The van der Waals surface area contributed by atoms with E-state index in [1.165, 1.54) is 7.11 Å². The van der Waals surface area contributed by atoms with Gasteiger partial charge < -0.3 is 14.8 Å². The van der Waals surface area contributed by atoms with Crippen LogP contribution in [0.2, 0.25) is 0 Å². The average molecular weight is 387 g/mol. The number of nitrogens with zero attached hydrogens (tertiary/aromatic N) is 2. The molecule has 2 heterocycles. The highest BCUT2D eigenvalue weighted by atomic mass is 16.5. The summed E-state index contributed by atoms with van der Waals surface area (Å²) in [4.78, 5) is 20.7. The summed E-state index contributed by atoms with van der Waals surface area (Å²) >= 11 is 0. The van der Waals surface area contributed by atoms with Crippen molar-refractivity contribution in [1.29, 1.82) is 0 Å². The highest BCUT2D eigenvalue weighted by Gasteiger charge is 2.11. The first kappa shape index (κ1) is 20.1. The summed E-state index contributed by atoms with van der Waals surface area (Å²) in [5, 5.41) is 3.15. The summed E-state index contributed by atoms with van der Waals surface area (Å²) in [6.45, 7) is 1.11. The fraction of sp³-hybridized carbons (Fsp3) is 0.174. The van der Waals surface area contributed by atoms with Crippen molar-refractivity contribution in [3.63, 3.8) is 0 Å². The van der Waals surface area contributed by atoms with Crippen LogP contribution in [0.1, 0.15) is 21.5 Å². The van der Waals surface area contributed by atoms with E-state index in [0.717, 1.165) is 16.7 Å². The minimum Gasteiger partial charge on any atom is -0.465 e. The van der Waals surface area contributed by atoms with Gasteiger partial charge >= 0.3 is 5.97 Å². The van der Waals surface area contributed by atoms with E-state index < -0.39 is 5.97 Å². The zero-order valence-electron chi connectivity index (χ0n) is 16.3. The molecular formula is C23H21N3O3. The molecule has 1 N–H and O–H groups in total. The monoisotopic (exact) mass is 387 g/mol. The van der Waals surface area contributed by atoms with Gasteiger partial charge in [-0.2, -0.15) is 0 Å². The molecule has 6 heteroatoms. The molecule has 0 unspecified atom stereocenters. The first-order valence-electron chi connectivity index (χ1n) is 9.05. The summed E-state index contributed by atoms with van der Waals surface area (Å²) in [5.74, 6) is 6.36. The van der Waals surface area contributed by atoms with E-state index >= 15 is 0 Å². The number of nitrogens with one attached hydrogen (secondary N) is 1. The molecule has 146 valence electrons. The number of hydrogen-bond acceptors (Lipinski definition) is 6. The second-order valence-corrected chi connectivity index (χ2v) is 6.11. The van der Waals surface area contributed by atoms with Gasteiger partial charge in [-0.15, -0.1) is 0 Å². The summed E-state index contributed by atoms with van der Waals surface area (Å²) in [5.41, 5.74) is 3.70. The van der Waals surface area contributed by atoms with Crippen LogP contribution in [0.25, 0.3) is 11.3 Å². The van der Waals surface area contributed by atoms with Crippen LogP contribution in [0.4, 0.5) is 5.82 Å². The zero-order valence-corrected chi connectivity index (χ0v) is 16.3. The number of anilines is 1. The Labute approximate surface area is 169 Å². The van der Waals surface area contributed by atoms with Gasteiger partial charge in [-0.3, -0.25) is 4.98 Å². The number of pyridine rings is 2. The first-order chi connectivity index (χ1) is 14.2. The fourth-order valence-corrected chi connectivity index (χ4v) is 2.59. The molecule has 6 nitrogen and oxygen atoms in total. The van der Waals surface area contributed by atoms with Crippen molar-refractivity contribution >= 4 is 11.8 Å². The van der Waals surface area contributed by atoms with E-state index in [1.807, 2.05) is 36.4 Å². The lowest BCUT2D eigenvalue weighted by Gasteiger charge is -2.10. The maximum Gasteiger partial charge on any atom is 0.338 e. The Morgan fingerprint density at radius 2 is 1.86 bits per heavy atom. The maximum atomic E-state index is 12.0. The lowest BCUT2D eigenvalue weighted by Crippen LogP contribution is -2.11. The Kier molecular flexibility index (Phi) is 6.93. The predicted molar refractivity (Wildman–Crippen MR) is 112 cm³/mol. The molecule has 0 aliphatic heterocycles. The molecular weight excluding hydrogens is 366 g/mol. The van der Waals surface area contributed by atoms with E-state index in [0.29, 0.717) is 30.2 Å². The zero-order chi connectivity index (χ0) is 20.5. The third-order valence-corrected chi connectivity index (χ3v) is 4.05. The summed E-state index contributed by atoms with van der Waals surface area (Å²) in [6.07, 6.45) is 3.44. The number of esters is 1. The van der Waals surface area contributed by atoms with Crippen molar-refractivity contribution < 1.29 is 14.3 Å². The molecule has 0 amide bonds. The molecule has 3 aromatic rings. The minimum absolute atomic E-state index is 0.414. The summed E-state index contributed by atoms with van der Waals surface area (Å²) < 4.78 is 9.91. The molecule has 0 fully saturated rings. The Bertz CT molecular complexity index is 1020. The number of aromatic nitrogens is 2. The van der Waals surface area contributed by atoms with E-state index in [1.54, 1.807) is 31.6 Å². The van der Waals surface area contributed by atoms with Crippen LogP contribution >= 0.6 is 0 Å². The molecule has 0 aliphatic carbocycles. The van der Waals surface area contributed by atoms with Crippen LogP contribution in [-0.4, -0.2) is 43.3 Å². The van der Waals surface area contributed by atoms with E-state index in [9.17, 15) is 4.79 Å². The topological polar surface area (TPSA) is 73.3 Å². The maximum absolute atomic E-state index is 12.0. The molecule has 0 atom stereocenters. The second-order valence-electron chi connectivity index (χ2n) is 6.11. The minimum atomic E-state index is -0.414. The van der Waals surface area contributed by atoms with Gasteiger partial charge in [-0.1, -0.05) is 24.0 Å². The molecule has 3 rings (SSSR count). The van der Waals surface area contributed by atoms with Gasteiger partial charge in [-0.25, -0.2) is 9.78 Å². The van der Waals surface area contributed by atoms with Gasteiger partial charge in [0.1, 0.15) is 5.82 Å². The van der Waals surface area contributed by atoms with Crippen LogP contribution in [0.3, 0.4) is 0 Å². The largest absolute Gasteiger partial charge is 0.465 e. The number of ether oxygens (including phenoxy) is 2. The first-order valence-corrected chi connectivity index (χ1v) is 9.05. The van der Waals surface area contributed by atoms with Crippen molar-refractivity contribution in [2.75, 3.05) is 32.7 Å². The molecule has 0 saturated carbocycles. The Balaban J connectivity index is 1.85. The van der Waals surface area contributed by atoms with Gasteiger partial charge in [0.2, 0.25) is 0 Å². The smallest absolute Gasteiger partial charge is 0.338 e. The summed E-state index contributed by atoms with van der Waals surface area (Å²) in [6, 6.07) is 14.8. The van der Waals surface area contributed by atoms with E-state index in [2.05, 4.69) is 27.1 Å². The lowest BCUT2D eigenvalue weighted by molar-refractivity contribution is 0.0600. The highest BCUT2D eigenvalue weighted by Crippen LogP contribution is 2.22. The number of carbonyl (C=O) groups excluding carboxylic acids is 1. The molecule has 0 spiro atoms. The van der Waals surface area contributed by atoms with Crippen molar-refractivity contribution in [3.8, 4) is 23.1 Å². The van der Waals surface area contributed by atoms with Crippen LogP contribution in [-0.2, 0) is 9.47 Å². The molecule has 0 radical (unpaired) electrons. The van der Waals surface area contributed by atoms with Crippen molar-refractivity contribution in [2.24, 2.45) is 0 Å². The molecule has 0 saturated heterocycles. The Hall–Kier alpha value is -3.69. The average Bonchev–Trinajstić information content (AvgIpc) is 2.78. The quantitative estimate of drug-likeness (QED) is 0.397. The molecule has 2 aromatic heterocycles. The second kappa shape index (κ2) is 10.0. The van der Waals surface area contributed by atoms with Gasteiger partial charge in [0, 0.05) is 42.7 Å². The third kappa shape index (κ3) is 5.64. The van der Waals surface area contributed by atoms with Crippen LogP contribution in [0.5, 0.6) is 0 Å². The molecule has 1 aromatic carbocycles. The molecule has 0 aliphatic rings. The number of methoxy groups -OCH3 is 2. The van der Waals surface area contributed by atoms with E-state index in [4.69, 9.17) is 9.47 Å². The van der Waals surface area contributed by atoms with Crippen molar-refractivity contribution in [1.82, 2.24) is 9.97 Å². The van der Waals surface area contributed by atoms with Crippen LogP contribution in [0.15, 0.2) is 60.9 Å². The van der Waals surface area contributed by atoms with Gasteiger partial charge in [0.15, 0.2) is 0 Å². The SMILES string of the molecule is COCCNc1cc(C(=O)OC)cc(-c2ccc(C#Cc3cccnc3)cc2)n1. The Morgan fingerprint density at radius 1 is 1.07 bits per heavy atom. The molecule has 0 bridgehead atoms. The van der Waals surface area contributed by atoms with Gasteiger partial charge in [0.25, 0.3) is 0 Å². The number of rotatable bonds is 6.